The van der Waals surface area contributed by atoms with Crippen LogP contribution in [0.5, 0.6) is 0 Å². The molecule has 20 heavy (non-hydrogen) atoms. The summed E-state index contributed by atoms with van der Waals surface area (Å²) in [6, 6.07) is 1.94. The van der Waals surface area contributed by atoms with E-state index in [9.17, 15) is 9.59 Å². The predicted octanol–water partition coefficient (Wildman–Crippen LogP) is 1.62. The summed E-state index contributed by atoms with van der Waals surface area (Å²) in [5.41, 5.74) is 0.675. The van der Waals surface area contributed by atoms with E-state index in [-0.39, 0.29) is 11.9 Å². The molecule has 1 unspecified atom stereocenters. The molecule has 0 spiro atoms. The van der Waals surface area contributed by atoms with Crippen LogP contribution in [-0.4, -0.2) is 59.5 Å². The van der Waals surface area contributed by atoms with Crippen LogP contribution in [0.1, 0.15) is 22.2 Å². The number of likely N-dealkylation sites (N-methyl/N-ethyl adjacent to an activating group) is 1. The van der Waals surface area contributed by atoms with E-state index in [4.69, 9.17) is 5.11 Å². The Morgan fingerprint density at radius 1 is 1.45 bits per heavy atom. The van der Waals surface area contributed by atoms with Gasteiger partial charge in [0.25, 0.3) is 5.91 Å². The molecule has 1 aromatic rings. The highest BCUT2D eigenvalue weighted by Crippen LogP contribution is 2.22. The third-order valence-electron chi connectivity index (χ3n) is 3.39. The second-order valence-corrected chi connectivity index (χ2v) is 5.90. The number of aliphatic carboxylic acids is 1. The van der Waals surface area contributed by atoms with Crippen molar-refractivity contribution in [3.8, 4) is 0 Å². The van der Waals surface area contributed by atoms with Crippen molar-refractivity contribution in [1.29, 1.82) is 0 Å². The Labute approximate surface area is 122 Å². The third kappa shape index (κ3) is 3.26. The summed E-state index contributed by atoms with van der Waals surface area (Å²) in [5.74, 6) is -1.02. The van der Waals surface area contributed by atoms with Crippen molar-refractivity contribution in [2.75, 3.05) is 26.7 Å². The second-order valence-electron chi connectivity index (χ2n) is 4.99. The number of carbonyl (C=O) groups excluding carboxylic acids is 1. The minimum absolute atomic E-state index is 0.00867. The van der Waals surface area contributed by atoms with Crippen LogP contribution in [0, 0.1) is 0 Å². The first-order valence-corrected chi connectivity index (χ1v) is 7.35. The van der Waals surface area contributed by atoms with Gasteiger partial charge in [-0.15, -0.1) is 11.3 Å². The summed E-state index contributed by atoms with van der Waals surface area (Å²) in [6.07, 6.45) is 2.54. The standard InChI is InChI=1S/C14H18N2O3S/c1-10-9-15(2)6-7-16(10)14(19)13-11(5-8-20-13)3-4-12(17)18/h3-5,8,10H,6-7,9H2,1-2H3,(H,17,18)/b4-3+. The van der Waals surface area contributed by atoms with Gasteiger partial charge in [0.2, 0.25) is 0 Å². The molecule has 1 atom stereocenters. The molecule has 0 saturated carbocycles. The molecule has 1 saturated heterocycles. The van der Waals surface area contributed by atoms with E-state index in [1.54, 1.807) is 6.07 Å². The summed E-state index contributed by atoms with van der Waals surface area (Å²) in [7, 11) is 2.05. The molecule has 1 aliphatic rings. The van der Waals surface area contributed by atoms with Gasteiger partial charge in [0.15, 0.2) is 0 Å². The Bertz CT molecular complexity index is 538. The molecule has 1 aromatic heterocycles. The van der Waals surface area contributed by atoms with Crippen LogP contribution < -0.4 is 0 Å². The van der Waals surface area contributed by atoms with Crippen molar-refractivity contribution in [3.63, 3.8) is 0 Å². The highest BCUT2D eigenvalue weighted by atomic mass is 32.1. The fourth-order valence-corrected chi connectivity index (χ4v) is 3.20. The normalized spacial score (nSPS) is 20.5. The molecular formula is C14H18N2O3S. The zero-order valence-electron chi connectivity index (χ0n) is 11.6. The van der Waals surface area contributed by atoms with Gasteiger partial charge in [-0.25, -0.2) is 4.79 Å². The topological polar surface area (TPSA) is 60.9 Å². The summed E-state index contributed by atoms with van der Waals surface area (Å²) in [4.78, 5) is 27.8. The van der Waals surface area contributed by atoms with Crippen molar-refractivity contribution in [2.24, 2.45) is 0 Å². The molecule has 1 N–H and O–H groups in total. The molecule has 2 rings (SSSR count). The first-order valence-electron chi connectivity index (χ1n) is 6.47. The lowest BCUT2D eigenvalue weighted by Gasteiger charge is -2.38. The van der Waals surface area contributed by atoms with E-state index in [2.05, 4.69) is 4.90 Å². The fraction of sp³-hybridized carbons (Fsp3) is 0.429. The van der Waals surface area contributed by atoms with Gasteiger partial charge in [-0.3, -0.25) is 4.79 Å². The van der Waals surface area contributed by atoms with Gasteiger partial charge in [-0.2, -0.15) is 0 Å². The number of hydrogen-bond acceptors (Lipinski definition) is 4. The SMILES string of the molecule is CC1CN(C)CCN1C(=O)c1sccc1/C=C/C(=O)O. The molecule has 1 fully saturated rings. The fourth-order valence-electron chi connectivity index (χ4n) is 2.36. The lowest BCUT2D eigenvalue weighted by Crippen LogP contribution is -2.52. The Morgan fingerprint density at radius 3 is 2.85 bits per heavy atom. The summed E-state index contributed by atoms with van der Waals surface area (Å²) >= 11 is 1.36. The molecule has 1 aliphatic heterocycles. The molecule has 0 aliphatic carbocycles. The van der Waals surface area contributed by atoms with E-state index in [0.717, 1.165) is 19.2 Å². The van der Waals surface area contributed by atoms with Gasteiger partial charge in [0, 0.05) is 31.8 Å². The van der Waals surface area contributed by atoms with Crippen molar-refractivity contribution in [3.05, 3.63) is 28.0 Å². The average molecular weight is 294 g/mol. The number of piperazine rings is 1. The van der Waals surface area contributed by atoms with Crippen molar-refractivity contribution in [1.82, 2.24) is 9.80 Å². The molecule has 108 valence electrons. The molecule has 0 radical (unpaired) electrons. The zero-order chi connectivity index (χ0) is 14.7. The highest BCUT2D eigenvalue weighted by Gasteiger charge is 2.28. The average Bonchev–Trinajstić information content (AvgIpc) is 2.83. The lowest BCUT2D eigenvalue weighted by atomic mass is 10.1. The second kappa shape index (κ2) is 6.19. The number of amides is 1. The van der Waals surface area contributed by atoms with E-state index in [1.807, 2.05) is 24.3 Å². The van der Waals surface area contributed by atoms with Gasteiger partial charge in [0.1, 0.15) is 0 Å². The van der Waals surface area contributed by atoms with Crippen molar-refractivity contribution >= 4 is 29.3 Å². The minimum Gasteiger partial charge on any atom is -0.478 e. The van der Waals surface area contributed by atoms with Crippen molar-refractivity contribution < 1.29 is 14.7 Å². The van der Waals surface area contributed by atoms with Gasteiger partial charge in [0.05, 0.1) is 4.88 Å². The number of carboxylic acids is 1. The Kier molecular flexibility index (Phi) is 4.57. The monoisotopic (exact) mass is 294 g/mol. The Hall–Kier alpha value is -1.66. The predicted molar refractivity (Wildman–Crippen MR) is 79.0 cm³/mol. The first kappa shape index (κ1) is 14.7. The molecule has 6 heteroatoms. The van der Waals surface area contributed by atoms with Gasteiger partial charge < -0.3 is 14.9 Å². The summed E-state index contributed by atoms with van der Waals surface area (Å²) < 4.78 is 0. The van der Waals surface area contributed by atoms with Crippen LogP contribution >= 0.6 is 11.3 Å². The Morgan fingerprint density at radius 2 is 2.20 bits per heavy atom. The number of carboxylic acid groups (broad SMARTS) is 1. The maximum absolute atomic E-state index is 12.6. The maximum atomic E-state index is 12.6. The van der Waals surface area contributed by atoms with Crippen molar-refractivity contribution in [2.45, 2.75) is 13.0 Å². The number of thiophene rings is 1. The van der Waals surface area contributed by atoms with E-state index in [1.165, 1.54) is 17.4 Å². The van der Waals surface area contributed by atoms with Gasteiger partial charge in [-0.1, -0.05) is 0 Å². The maximum Gasteiger partial charge on any atom is 0.328 e. The van der Waals surface area contributed by atoms with E-state index >= 15 is 0 Å². The third-order valence-corrected chi connectivity index (χ3v) is 4.31. The van der Waals surface area contributed by atoms with Gasteiger partial charge in [-0.05, 0) is 37.1 Å². The quantitative estimate of drug-likeness (QED) is 0.861. The molecule has 2 heterocycles. The van der Waals surface area contributed by atoms with E-state index < -0.39 is 5.97 Å². The number of hydrogen-bond donors (Lipinski definition) is 1. The molecule has 1 amide bonds. The van der Waals surface area contributed by atoms with E-state index in [0.29, 0.717) is 17.0 Å². The van der Waals surface area contributed by atoms with Crippen LogP contribution in [0.25, 0.3) is 6.08 Å². The van der Waals surface area contributed by atoms with Crippen LogP contribution in [0.15, 0.2) is 17.5 Å². The minimum atomic E-state index is -1.01. The largest absolute Gasteiger partial charge is 0.478 e. The van der Waals surface area contributed by atoms with Crippen LogP contribution in [0.4, 0.5) is 0 Å². The highest BCUT2D eigenvalue weighted by molar-refractivity contribution is 7.12. The number of rotatable bonds is 3. The van der Waals surface area contributed by atoms with Crippen LogP contribution in [0.3, 0.4) is 0 Å². The number of nitrogens with zero attached hydrogens (tertiary/aromatic N) is 2. The first-order chi connectivity index (χ1) is 9.49. The summed E-state index contributed by atoms with van der Waals surface area (Å²) in [6.45, 7) is 4.46. The van der Waals surface area contributed by atoms with Crippen LogP contribution in [0.2, 0.25) is 0 Å². The lowest BCUT2D eigenvalue weighted by molar-refractivity contribution is -0.131. The van der Waals surface area contributed by atoms with Crippen LogP contribution in [-0.2, 0) is 4.79 Å². The summed E-state index contributed by atoms with van der Waals surface area (Å²) in [5, 5.41) is 10.5. The zero-order valence-corrected chi connectivity index (χ0v) is 12.4. The number of carbonyl (C=O) groups is 2. The molecule has 0 bridgehead atoms. The smallest absolute Gasteiger partial charge is 0.328 e. The molecular weight excluding hydrogens is 276 g/mol. The Balaban J connectivity index is 2.17. The molecule has 5 nitrogen and oxygen atoms in total. The molecule has 0 aromatic carbocycles. The van der Waals surface area contributed by atoms with Gasteiger partial charge >= 0.3 is 5.97 Å².